The lowest BCUT2D eigenvalue weighted by Gasteiger charge is -2.47. The largest absolute Gasteiger partial charge is 0.394 e. The number of aliphatic hydroxyl groups is 6. The van der Waals surface area contributed by atoms with Gasteiger partial charge in [-0.2, -0.15) is 0 Å². The highest BCUT2D eigenvalue weighted by atomic mass is 16.7. The first-order valence-corrected chi connectivity index (χ1v) is 12.0. The summed E-state index contributed by atoms with van der Waals surface area (Å²) in [6.07, 6.45) is -6.43. The van der Waals surface area contributed by atoms with E-state index in [2.05, 4.69) is 12.2 Å². The average molecular weight is 496 g/mol. The molecule has 12 nitrogen and oxygen atoms in total. The maximum atomic E-state index is 11.9. The monoisotopic (exact) mass is 495 g/mol. The molecule has 0 aromatic rings. The maximum Gasteiger partial charge on any atom is 0.217 e. The molecule has 0 aliphatic carbocycles. The van der Waals surface area contributed by atoms with Gasteiger partial charge in [-0.25, -0.2) is 0 Å². The van der Waals surface area contributed by atoms with E-state index in [-0.39, 0.29) is 0 Å². The molecular weight excluding hydrogens is 454 g/mol. The smallest absolute Gasteiger partial charge is 0.217 e. The second-order valence-electron chi connectivity index (χ2n) is 8.88. The van der Waals surface area contributed by atoms with Crippen LogP contribution in [-0.4, -0.2) is 118 Å². The van der Waals surface area contributed by atoms with E-state index in [1.54, 1.807) is 0 Å². The summed E-state index contributed by atoms with van der Waals surface area (Å²) < 4.78 is 22.7. The molecular formula is C22H41NO11. The lowest BCUT2D eigenvalue weighted by molar-refractivity contribution is -0.344. The van der Waals surface area contributed by atoms with Crippen LogP contribution in [0.4, 0.5) is 0 Å². The molecule has 2 rings (SSSR count). The van der Waals surface area contributed by atoms with E-state index in [4.69, 9.17) is 18.9 Å². The second-order valence-corrected chi connectivity index (χ2v) is 8.88. The second kappa shape index (κ2) is 14.6. The number of amides is 1. The molecule has 34 heavy (non-hydrogen) atoms. The van der Waals surface area contributed by atoms with Crippen LogP contribution in [0.15, 0.2) is 0 Å². The zero-order valence-electron chi connectivity index (χ0n) is 19.9. The van der Waals surface area contributed by atoms with Gasteiger partial charge in [-0.1, -0.05) is 39.0 Å². The zero-order valence-corrected chi connectivity index (χ0v) is 19.9. The van der Waals surface area contributed by atoms with Crippen molar-refractivity contribution in [2.24, 2.45) is 0 Å². The number of hydrogen-bond acceptors (Lipinski definition) is 11. The molecule has 0 spiro atoms. The Morgan fingerprint density at radius 2 is 1.41 bits per heavy atom. The van der Waals surface area contributed by atoms with Crippen molar-refractivity contribution in [1.29, 1.82) is 0 Å². The Hall–Kier alpha value is -0.930. The van der Waals surface area contributed by atoms with Gasteiger partial charge in [-0.3, -0.25) is 4.79 Å². The number of ether oxygens (including phenoxy) is 4. The fourth-order valence-electron chi connectivity index (χ4n) is 4.18. The standard InChI is InChI=1S/C22H41NO11/c1-3-4-5-6-7-8-9-31-21-15(23-12(2)26)20(17(28)14(11-25)32-21)34-22-19(30)18(29)16(27)13(10-24)33-22/h13-22,24-25,27-30H,3-11H2,1-2H3,(H,23,26)/t13-,14+,15-,16-,17-,18+,19-,20-,21+,22+/m0/s1. The lowest BCUT2D eigenvalue weighted by Crippen LogP contribution is -2.68. The minimum absolute atomic E-state index is 0.313. The van der Waals surface area contributed by atoms with E-state index in [1.807, 2.05) is 0 Å². The van der Waals surface area contributed by atoms with Crippen molar-refractivity contribution in [1.82, 2.24) is 5.32 Å². The molecule has 7 N–H and O–H groups in total. The Bertz CT molecular complexity index is 595. The number of nitrogens with one attached hydrogen (secondary N) is 1. The van der Waals surface area contributed by atoms with Gasteiger partial charge >= 0.3 is 0 Å². The van der Waals surface area contributed by atoms with Crippen molar-refractivity contribution >= 4 is 5.91 Å². The molecule has 0 aromatic carbocycles. The number of unbranched alkanes of at least 4 members (excludes halogenated alkanes) is 5. The van der Waals surface area contributed by atoms with Gasteiger partial charge in [0.15, 0.2) is 12.6 Å². The Kier molecular flexibility index (Phi) is 12.6. The number of carbonyl (C=O) groups is 1. The fourth-order valence-corrected chi connectivity index (χ4v) is 4.18. The van der Waals surface area contributed by atoms with Gasteiger partial charge < -0.3 is 54.9 Å². The van der Waals surface area contributed by atoms with Crippen LogP contribution < -0.4 is 5.32 Å². The van der Waals surface area contributed by atoms with Crippen molar-refractivity contribution in [2.75, 3.05) is 19.8 Å². The summed E-state index contributed by atoms with van der Waals surface area (Å²) in [6, 6.07) is -1.04. The third-order valence-corrected chi connectivity index (χ3v) is 6.14. The van der Waals surface area contributed by atoms with Crippen molar-refractivity contribution in [3.8, 4) is 0 Å². The van der Waals surface area contributed by atoms with Gasteiger partial charge in [0.05, 0.1) is 13.2 Å². The number of hydrogen-bond donors (Lipinski definition) is 7. The maximum absolute atomic E-state index is 11.9. The summed E-state index contributed by atoms with van der Waals surface area (Å²) in [5.74, 6) is -0.459. The Labute approximate surface area is 199 Å². The first-order chi connectivity index (χ1) is 16.2. The molecule has 12 heteroatoms. The SMILES string of the molecule is CCCCCCCCO[C@@H]1O[C@H](CO)[C@H](O)[C@@H](O[C@H]2O[C@@H](CO)[C@H](O)[C@@H](O)[C@@H]2O)[C@@H]1NC(C)=O. The van der Waals surface area contributed by atoms with Gasteiger partial charge in [0.25, 0.3) is 0 Å². The molecule has 0 bridgehead atoms. The zero-order chi connectivity index (χ0) is 25.3. The van der Waals surface area contributed by atoms with E-state index in [9.17, 15) is 35.4 Å². The van der Waals surface area contributed by atoms with E-state index in [1.165, 1.54) is 13.3 Å². The Morgan fingerprint density at radius 1 is 0.824 bits per heavy atom. The van der Waals surface area contributed by atoms with Crippen LogP contribution in [0, 0.1) is 0 Å². The number of rotatable bonds is 13. The Morgan fingerprint density at radius 3 is 2.03 bits per heavy atom. The summed E-state index contributed by atoms with van der Waals surface area (Å²) in [5, 5.41) is 62.9. The van der Waals surface area contributed by atoms with Crippen LogP contribution in [0.5, 0.6) is 0 Å². The minimum Gasteiger partial charge on any atom is -0.394 e. The summed E-state index contributed by atoms with van der Waals surface area (Å²) in [4.78, 5) is 11.9. The van der Waals surface area contributed by atoms with Crippen LogP contribution in [-0.2, 0) is 23.7 Å². The van der Waals surface area contributed by atoms with Gasteiger partial charge in [-0.05, 0) is 6.42 Å². The molecule has 0 saturated carbocycles. The van der Waals surface area contributed by atoms with Crippen LogP contribution in [0.2, 0.25) is 0 Å². The molecule has 1 amide bonds. The molecule has 2 heterocycles. The normalized spacial score (nSPS) is 38.6. The number of aliphatic hydroxyl groups excluding tert-OH is 6. The molecule has 2 aliphatic heterocycles. The lowest BCUT2D eigenvalue weighted by atomic mass is 9.95. The van der Waals surface area contributed by atoms with Crippen LogP contribution in [0.1, 0.15) is 52.4 Å². The van der Waals surface area contributed by atoms with Crippen molar-refractivity contribution in [2.45, 2.75) is 114 Å². The van der Waals surface area contributed by atoms with Gasteiger partial charge in [0.1, 0.15) is 48.8 Å². The summed E-state index contributed by atoms with van der Waals surface area (Å²) in [6.45, 7) is 2.49. The first-order valence-electron chi connectivity index (χ1n) is 12.0. The van der Waals surface area contributed by atoms with Gasteiger partial charge in [0, 0.05) is 13.5 Å². The third-order valence-electron chi connectivity index (χ3n) is 6.14. The molecule has 0 radical (unpaired) electrons. The molecule has 2 fully saturated rings. The Balaban J connectivity index is 2.12. The van der Waals surface area contributed by atoms with Crippen molar-refractivity contribution < 1.29 is 54.4 Å². The first kappa shape index (κ1) is 29.3. The molecule has 0 aromatic heterocycles. The van der Waals surface area contributed by atoms with E-state index >= 15 is 0 Å². The minimum atomic E-state index is -1.71. The predicted octanol–water partition coefficient (Wildman–Crippen LogP) is -1.87. The summed E-state index contributed by atoms with van der Waals surface area (Å²) in [5.41, 5.74) is 0. The predicted molar refractivity (Wildman–Crippen MR) is 117 cm³/mol. The molecule has 2 saturated heterocycles. The highest BCUT2D eigenvalue weighted by Crippen LogP contribution is 2.29. The van der Waals surface area contributed by atoms with Gasteiger partial charge in [0.2, 0.25) is 5.91 Å². The van der Waals surface area contributed by atoms with Crippen molar-refractivity contribution in [3.63, 3.8) is 0 Å². The third kappa shape index (κ3) is 7.79. The number of carbonyl (C=O) groups excluding carboxylic acids is 1. The summed E-state index contributed by atoms with van der Waals surface area (Å²) >= 11 is 0. The highest BCUT2D eigenvalue weighted by Gasteiger charge is 2.51. The van der Waals surface area contributed by atoms with E-state index < -0.39 is 80.5 Å². The summed E-state index contributed by atoms with van der Waals surface area (Å²) in [7, 11) is 0. The quantitative estimate of drug-likeness (QED) is 0.142. The topological polar surface area (TPSA) is 187 Å². The molecule has 2 aliphatic rings. The molecule has 10 atom stereocenters. The van der Waals surface area contributed by atoms with Crippen LogP contribution in [0.25, 0.3) is 0 Å². The molecule has 200 valence electrons. The molecule has 0 unspecified atom stereocenters. The fraction of sp³-hybridized carbons (Fsp3) is 0.955. The van der Waals surface area contributed by atoms with Gasteiger partial charge in [-0.15, -0.1) is 0 Å². The van der Waals surface area contributed by atoms with E-state index in [0.717, 1.165) is 32.1 Å². The van der Waals surface area contributed by atoms with Crippen LogP contribution in [0.3, 0.4) is 0 Å². The van der Waals surface area contributed by atoms with Crippen molar-refractivity contribution in [3.05, 3.63) is 0 Å². The highest BCUT2D eigenvalue weighted by molar-refractivity contribution is 5.73. The average Bonchev–Trinajstić information content (AvgIpc) is 2.81. The van der Waals surface area contributed by atoms with Crippen LogP contribution >= 0.6 is 0 Å². The van der Waals surface area contributed by atoms with E-state index in [0.29, 0.717) is 6.61 Å².